The number of carbonyl (C=O) groups excluding carboxylic acids is 1. The van der Waals surface area contributed by atoms with E-state index in [2.05, 4.69) is 5.32 Å². The highest BCUT2D eigenvalue weighted by Crippen LogP contribution is 2.24. The van der Waals surface area contributed by atoms with Crippen LogP contribution in [-0.4, -0.2) is 52.3 Å². The van der Waals surface area contributed by atoms with Gasteiger partial charge in [-0.2, -0.15) is 0 Å². The van der Waals surface area contributed by atoms with Crippen LogP contribution in [0, 0.1) is 5.41 Å². The first-order valence-corrected chi connectivity index (χ1v) is 7.18. The van der Waals surface area contributed by atoms with Crippen LogP contribution >= 0.6 is 0 Å². The van der Waals surface area contributed by atoms with Gasteiger partial charge in [-0.25, -0.2) is 9.59 Å². The van der Waals surface area contributed by atoms with Crippen molar-refractivity contribution in [2.45, 2.75) is 58.5 Å². The quantitative estimate of drug-likeness (QED) is 0.713. The second-order valence-electron chi connectivity index (χ2n) is 6.44. The lowest BCUT2D eigenvalue weighted by molar-refractivity contribution is -0.142. The SMILES string of the molecule is CC(C)(C)[C@H](NC(=O)N(CCO)C1CCCC1)C(=O)O. The van der Waals surface area contributed by atoms with Crippen LogP contribution in [0.2, 0.25) is 0 Å². The predicted molar refractivity (Wildman–Crippen MR) is 75.5 cm³/mol. The molecule has 0 saturated heterocycles. The zero-order valence-corrected chi connectivity index (χ0v) is 12.6. The molecular weight excluding hydrogens is 260 g/mol. The number of hydrogen-bond donors (Lipinski definition) is 3. The molecule has 0 aromatic heterocycles. The lowest BCUT2D eigenvalue weighted by Gasteiger charge is -2.33. The highest BCUT2D eigenvalue weighted by molar-refractivity contribution is 5.83. The van der Waals surface area contributed by atoms with Crippen molar-refractivity contribution >= 4 is 12.0 Å². The van der Waals surface area contributed by atoms with Crippen LogP contribution in [0.25, 0.3) is 0 Å². The molecule has 0 heterocycles. The third kappa shape index (κ3) is 4.37. The summed E-state index contributed by atoms with van der Waals surface area (Å²) in [4.78, 5) is 25.2. The minimum atomic E-state index is -1.04. The molecule has 2 amide bonds. The second kappa shape index (κ2) is 6.92. The molecule has 1 aliphatic carbocycles. The van der Waals surface area contributed by atoms with Crippen molar-refractivity contribution in [2.75, 3.05) is 13.2 Å². The lowest BCUT2D eigenvalue weighted by Crippen LogP contribution is -2.55. The van der Waals surface area contributed by atoms with E-state index in [0.717, 1.165) is 25.7 Å². The summed E-state index contributed by atoms with van der Waals surface area (Å²) in [6.07, 6.45) is 3.98. The van der Waals surface area contributed by atoms with Gasteiger partial charge in [-0.1, -0.05) is 33.6 Å². The second-order valence-corrected chi connectivity index (χ2v) is 6.44. The van der Waals surface area contributed by atoms with Crippen molar-refractivity contribution in [2.24, 2.45) is 5.41 Å². The minimum Gasteiger partial charge on any atom is -0.480 e. The van der Waals surface area contributed by atoms with Crippen LogP contribution in [0.1, 0.15) is 46.5 Å². The number of hydrogen-bond acceptors (Lipinski definition) is 3. The summed E-state index contributed by atoms with van der Waals surface area (Å²) in [5.41, 5.74) is -0.567. The molecular formula is C14H26N2O4. The Kier molecular flexibility index (Phi) is 5.80. The van der Waals surface area contributed by atoms with Crippen molar-refractivity contribution in [1.29, 1.82) is 0 Å². The van der Waals surface area contributed by atoms with E-state index in [1.54, 1.807) is 25.7 Å². The van der Waals surface area contributed by atoms with Crippen molar-refractivity contribution < 1.29 is 19.8 Å². The number of carboxylic acid groups (broad SMARTS) is 1. The Bertz CT molecular complexity index is 346. The molecule has 0 aliphatic heterocycles. The monoisotopic (exact) mass is 286 g/mol. The number of nitrogens with one attached hydrogen (secondary N) is 1. The maximum absolute atomic E-state index is 12.3. The fourth-order valence-electron chi connectivity index (χ4n) is 2.63. The Balaban J connectivity index is 2.75. The molecule has 6 heteroatoms. The summed E-state index contributed by atoms with van der Waals surface area (Å²) in [6, 6.07) is -1.23. The van der Waals surface area contributed by atoms with Crippen molar-refractivity contribution in [1.82, 2.24) is 10.2 Å². The zero-order chi connectivity index (χ0) is 15.3. The third-order valence-electron chi connectivity index (χ3n) is 3.75. The Hall–Kier alpha value is -1.30. The number of amides is 2. The van der Waals surface area contributed by atoms with E-state index in [0.29, 0.717) is 0 Å². The summed E-state index contributed by atoms with van der Waals surface area (Å²) in [6.45, 7) is 5.46. The molecule has 1 rings (SSSR count). The number of carboxylic acids is 1. The number of aliphatic hydroxyl groups excluding tert-OH is 1. The average Bonchev–Trinajstić information content (AvgIpc) is 2.84. The molecule has 0 spiro atoms. The fourth-order valence-corrected chi connectivity index (χ4v) is 2.63. The van der Waals surface area contributed by atoms with Gasteiger partial charge in [0.1, 0.15) is 6.04 Å². The zero-order valence-electron chi connectivity index (χ0n) is 12.6. The molecule has 0 bridgehead atoms. The Labute approximate surface area is 120 Å². The Morgan fingerprint density at radius 1 is 1.30 bits per heavy atom. The maximum atomic E-state index is 12.3. The number of aliphatic hydroxyl groups is 1. The van der Waals surface area contributed by atoms with Crippen LogP contribution < -0.4 is 5.32 Å². The summed E-state index contributed by atoms with van der Waals surface area (Å²) < 4.78 is 0. The van der Waals surface area contributed by atoms with Gasteiger partial charge in [0.25, 0.3) is 0 Å². The van der Waals surface area contributed by atoms with Crippen molar-refractivity contribution in [3.05, 3.63) is 0 Å². The molecule has 0 aromatic carbocycles. The van der Waals surface area contributed by atoms with Gasteiger partial charge in [-0.15, -0.1) is 0 Å². The number of aliphatic carboxylic acids is 1. The molecule has 6 nitrogen and oxygen atoms in total. The number of rotatable bonds is 5. The fraction of sp³-hybridized carbons (Fsp3) is 0.857. The topological polar surface area (TPSA) is 89.9 Å². The number of nitrogens with zero attached hydrogens (tertiary/aromatic N) is 1. The van der Waals surface area contributed by atoms with Crippen molar-refractivity contribution in [3.8, 4) is 0 Å². The molecule has 116 valence electrons. The molecule has 3 N–H and O–H groups in total. The van der Waals surface area contributed by atoms with Crippen LogP contribution in [0.4, 0.5) is 4.79 Å². The molecule has 20 heavy (non-hydrogen) atoms. The first-order chi connectivity index (χ1) is 9.27. The van der Waals surface area contributed by atoms with Gasteiger partial charge in [0.2, 0.25) is 0 Å². The van der Waals surface area contributed by atoms with Gasteiger partial charge < -0.3 is 20.4 Å². The Morgan fingerprint density at radius 3 is 2.25 bits per heavy atom. The van der Waals surface area contributed by atoms with E-state index in [4.69, 9.17) is 5.11 Å². The smallest absolute Gasteiger partial charge is 0.326 e. The summed E-state index contributed by atoms with van der Waals surface area (Å²) in [5, 5.41) is 21.0. The molecule has 1 saturated carbocycles. The molecule has 0 aromatic rings. The average molecular weight is 286 g/mol. The van der Waals surface area contributed by atoms with Gasteiger partial charge in [0, 0.05) is 12.6 Å². The van der Waals surface area contributed by atoms with Crippen molar-refractivity contribution in [3.63, 3.8) is 0 Å². The van der Waals surface area contributed by atoms with Gasteiger partial charge >= 0.3 is 12.0 Å². The van der Waals surface area contributed by atoms with Gasteiger partial charge in [-0.3, -0.25) is 0 Å². The minimum absolute atomic E-state index is 0.108. The van der Waals surface area contributed by atoms with Crippen LogP contribution in [0.3, 0.4) is 0 Å². The Morgan fingerprint density at radius 2 is 1.85 bits per heavy atom. The first kappa shape index (κ1) is 16.8. The van der Waals surface area contributed by atoms with Crippen LogP contribution in [0.15, 0.2) is 0 Å². The third-order valence-corrected chi connectivity index (χ3v) is 3.75. The number of urea groups is 1. The lowest BCUT2D eigenvalue weighted by atomic mass is 9.87. The molecule has 1 fully saturated rings. The van der Waals surface area contributed by atoms with E-state index in [9.17, 15) is 14.7 Å². The van der Waals surface area contributed by atoms with Crippen LogP contribution in [0.5, 0.6) is 0 Å². The first-order valence-electron chi connectivity index (χ1n) is 7.18. The summed E-state index contributed by atoms with van der Waals surface area (Å²) >= 11 is 0. The normalized spacial score (nSPS) is 17.8. The highest BCUT2D eigenvalue weighted by atomic mass is 16.4. The highest BCUT2D eigenvalue weighted by Gasteiger charge is 2.35. The summed E-state index contributed by atoms with van der Waals surface area (Å²) in [7, 11) is 0. The van der Waals surface area contributed by atoms with E-state index in [1.165, 1.54) is 0 Å². The van der Waals surface area contributed by atoms with Gasteiger partial charge in [0.05, 0.1) is 6.61 Å². The van der Waals surface area contributed by atoms with Gasteiger partial charge in [0.15, 0.2) is 0 Å². The standard InChI is InChI=1S/C14H26N2O4/c1-14(2,3)11(12(18)19)15-13(20)16(8-9-17)10-6-4-5-7-10/h10-11,17H,4-9H2,1-3H3,(H,15,20)(H,18,19)/t11-/m1/s1. The van der Waals surface area contributed by atoms with Crippen LogP contribution in [-0.2, 0) is 4.79 Å². The number of carbonyl (C=O) groups is 2. The molecule has 1 atom stereocenters. The van der Waals surface area contributed by atoms with E-state index < -0.39 is 23.5 Å². The molecule has 1 aliphatic rings. The van der Waals surface area contributed by atoms with E-state index in [-0.39, 0.29) is 19.2 Å². The molecule has 0 unspecified atom stereocenters. The van der Waals surface area contributed by atoms with E-state index >= 15 is 0 Å². The maximum Gasteiger partial charge on any atom is 0.326 e. The van der Waals surface area contributed by atoms with Gasteiger partial charge in [-0.05, 0) is 18.3 Å². The summed E-state index contributed by atoms with van der Waals surface area (Å²) in [5.74, 6) is -1.04. The van der Waals surface area contributed by atoms with E-state index in [1.807, 2.05) is 0 Å². The predicted octanol–water partition coefficient (Wildman–Crippen LogP) is 1.43. The molecule has 0 radical (unpaired) electrons. The largest absolute Gasteiger partial charge is 0.480 e.